The van der Waals surface area contributed by atoms with Crippen LogP contribution in [0.25, 0.3) is 5.32 Å². The molecule has 0 saturated heterocycles. The van der Waals surface area contributed by atoms with Crippen LogP contribution in [0.4, 0.5) is 0 Å². The van der Waals surface area contributed by atoms with Gasteiger partial charge in [0.25, 0.3) is 0 Å². The molecule has 10 nitrogen and oxygen atoms in total. The SMILES string of the molecule is CNC(=O)CCNC(=O)Cc1ccc(C[N-]C(=O)COCCCC(=O)NCCCCCC=O)cc1.[HH].[Rb+]. The predicted molar refractivity (Wildman–Crippen MR) is 134 cm³/mol. The Balaban J connectivity index is 0. The second-order valence-corrected chi connectivity index (χ2v) is 8.00. The number of hydrogen-bond acceptors (Lipinski definition) is 6. The Morgan fingerprint density at radius 3 is 2.28 bits per heavy atom. The van der Waals surface area contributed by atoms with Crippen molar-refractivity contribution in [3.8, 4) is 0 Å². The molecule has 0 aliphatic carbocycles. The van der Waals surface area contributed by atoms with Crippen molar-refractivity contribution in [3.63, 3.8) is 0 Å². The van der Waals surface area contributed by atoms with Crippen LogP contribution >= 0.6 is 0 Å². The number of benzene rings is 1. The van der Waals surface area contributed by atoms with Crippen LogP contribution < -0.4 is 74.1 Å². The summed E-state index contributed by atoms with van der Waals surface area (Å²) >= 11 is 0. The first-order chi connectivity index (χ1) is 16.9. The molecule has 4 amide bonds. The molecule has 1 rings (SSSR count). The van der Waals surface area contributed by atoms with Gasteiger partial charge in [0.05, 0.1) is 18.9 Å². The quantitative estimate of drug-likeness (QED) is 0.139. The van der Waals surface area contributed by atoms with E-state index in [0.29, 0.717) is 32.4 Å². The summed E-state index contributed by atoms with van der Waals surface area (Å²) in [6.45, 7) is 1.27. The van der Waals surface area contributed by atoms with Gasteiger partial charge in [0, 0.05) is 47.4 Å². The van der Waals surface area contributed by atoms with Crippen LogP contribution in [0.1, 0.15) is 57.5 Å². The summed E-state index contributed by atoms with van der Waals surface area (Å²) in [6, 6.07) is 7.23. The zero-order valence-corrected chi connectivity index (χ0v) is 26.4. The first-order valence-electron chi connectivity index (χ1n) is 12.0. The van der Waals surface area contributed by atoms with Crippen LogP contribution in [0.15, 0.2) is 24.3 Å². The second kappa shape index (κ2) is 22.7. The number of amides is 4. The Kier molecular flexibility index (Phi) is 21.8. The summed E-state index contributed by atoms with van der Waals surface area (Å²) in [4.78, 5) is 56.9. The van der Waals surface area contributed by atoms with Crippen molar-refractivity contribution in [3.05, 3.63) is 40.7 Å². The van der Waals surface area contributed by atoms with Gasteiger partial charge in [-0.15, -0.1) is 6.54 Å². The van der Waals surface area contributed by atoms with Crippen LogP contribution in [0.5, 0.6) is 0 Å². The van der Waals surface area contributed by atoms with Gasteiger partial charge in [-0.2, -0.15) is 0 Å². The van der Waals surface area contributed by atoms with Crippen molar-refractivity contribution in [1.82, 2.24) is 16.0 Å². The van der Waals surface area contributed by atoms with Gasteiger partial charge in [0.2, 0.25) is 17.7 Å². The molecule has 0 atom stereocenters. The number of hydrogen-bond donors (Lipinski definition) is 3. The third kappa shape index (κ3) is 18.8. The Hall–Kier alpha value is -1.46. The molecule has 196 valence electrons. The first kappa shape index (κ1) is 34.5. The molecule has 1 aromatic rings. The number of nitrogens with zero attached hydrogens (tertiary/aromatic N) is 1. The molecule has 0 aliphatic heterocycles. The van der Waals surface area contributed by atoms with Gasteiger partial charge < -0.3 is 35.6 Å². The minimum atomic E-state index is -0.371. The monoisotopic (exact) mass is 576 g/mol. The van der Waals surface area contributed by atoms with E-state index in [-0.39, 0.29) is 116 Å². The largest absolute Gasteiger partial charge is 1.00 e. The number of unbranched alkanes of at least 4 members (excludes halogenated alkanes) is 3. The molecule has 0 radical (unpaired) electrons. The van der Waals surface area contributed by atoms with Gasteiger partial charge in [-0.1, -0.05) is 36.2 Å². The number of ether oxygens (including phenoxy) is 1. The molecule has 0 saturated carbocycles. The topological polar surface area (TPSA) is 145 Å². The predicted octanol–water partition coefficient (Wildman–Crippen LogP) is -1.20. The number of carbonyl (C=O) groups is 5. The fourth-order valence-corrected chi connectivity index (χ4v) is 3.02. The molecule has 11 heteroatoms. The Morgan fingerprint density at radius 1 is 0.889 bits per heavy atom. The average molecular weight is 577 g/mol. The van der Waals surface area contributed by atoms with E-state index in [2.05, 4.69) is 21.3 Å². The van der Waals surface area contributed by atoms with Crippen molar-refractivity contribution in [1.29, 1.82) is 0 Å². The third-order valence-electron chi connectivity index (χ3n) is 5.02. The van der Waals surface area contributed by atoms with E-state index in [1.807, 2.05) is 12.1 Å². The number of nitrogens with one attached hydrogen (secondary N) is 3. The van der Waals surface area contributed by atoms with E-state index < -0.39 is 0 Å². The Bertz CT molecular complexity index is 811. The fraction of sp³-hybridized carbons (Fsp3) is 0.560. The van der Waals surface area contributed by atoms with Gasteiger partial charge >= 0.3 is 58.2 Å². The van der Waals surface area contributed by atoms with Gasteiger partial charge in [0.15, 0.2) is 0 Å². The summed E-state index contributed by atoms with van der Waals surface area (Å²) in [5.74, 6) is -0.715. The summed E-state index contributed by atoms with van der Waals surface area (Å²) in [6.07, 6.45) is 5.37. The van der Waals surface area contributed by atoms with E-state index in [0.717, 1.165) is 36.7 Å². The minimum Gasteiger partial charge on any atom is -0.648 e. The summed E-state index contributed by atoms with van der Waals surface area (Å²) in [5.41, 5.74) is 1.66. The van der Waals surface area contributed by atoms with Crippen molar-refractivity contribution in [2.45, 2.75) is 57.9 Å². The summed E-state index contributed by atoms with van der Waals surface area (Å²) < 4.78 is 5.30. The third-order valence-corrected chi connectivity index (χ3v) is 5.02. The van der Waals surface area contributed by atoms with Crippen molar-refractivity contribution in [2.24, 2.45) is 0 Å². The standard InChI is InChI=1S/C25H38N4O6.Rb.H2/c1-26-22(31)12-14-28-24(33)17-20-8-10-21(11-9-20)18-29-25(34)19-35-16-6-7-23(32)27-13-4-2-3-5-15-30;;/h8-11,15H,2-7,12-14,16-19H2,1H3,(H4,26,27,28,29,31,32,33,34);;1H/q;+1;/p-1. The molecule has 0 aliphatic rings. The molecule has 36 heavy (non-hydrogen) atoms. The molecule has 1 aromatic carbocycles. The number of aldehydes is 1. The minimum absolute atomic E-state index is 0. The van der Waals surface area contributed by atoms with Gasteiger partial charge in [-0.25, -0.2) is 0 Å². The smallest absolute Gasteiger partial charge is 0.648 e. The molecule has 0 bridgehead atoms. The van der Waals surface area contributed by atoms with E-state index in [1.54, 1.807) is 19.2 Å². The van der Waals surface area contributed by atoms with Gasteiger partial charge in [-0.05, 0) is 24.8 Å². The average Bonchev–Trinajstić information content (AvgIpc) is 2.85. The number of rotatable bonds is 19. The van der Waals surface area contributed by atoms with E-state index in [1.165, 1.54) is 0 Å². The normalized spacial score (nSPS) is 10.0. The van der Waals surface area contributed by atoms with Crippen LogP contribution in [-0.2, 0) is 41.7 Å². The maximum Gasteiger partial charge on any atom is 1.00 e. The first-order valence-corrected chi connectivity index (χ1v) is 12.0. The molecule has 0 unspecified atom stereocenters. The van der Waals surface area contributed by atoms with Crippen molar-refractivity contribution in [2.75, 3.05) is 33.4 Å². The van der Waals surface area contributed by atoms with Crippen LogP contribution in [0.2, 0.25) is 0 Å². The maximum absolute atomic E-state index is 11.9. The maximum atomic E-state index is 11.9. The molecule has 0 spiro atoms. The summed E-state index contributed by atoms with van der Waals surface area (Å²) in [7, 11) is 1.55. The van der Waals surface area contributed by atoms with Gasteiger partial charge in [0.1, 0.15) is 6.29 Å². The zero-order chi connectivity index (χ0) is 25.7. The van der Waals surface area contributed by atoms with Gasteiger partial charge in [-0.3, -0.25) is 14.4 Å². The molecule has 3 N–H and O–H groups in total. The number of carbonyl (C=O) groups excluding carboxylic acids is 5. The molecular formula is C25H39N4O6Rb. The Labute approximate surface area is 263 Å². The zero-order valence-electron chi connectivity index (χ0n) is 21.5. The van der Waals surface area contributed by atoms with Crippen LogP contribution in [0.3, 0.4) is 0 Å². The molecular weight excluding hydrogens is 538 g/mol. The van der Waals surface area contributed by atoms with Crippen LogP contribution in [0, 0.1) is 0 Å². The second-order valence-electron chi connectivity index (χ2n) is 8.00. The van der Waals surface area contributed by atoms with E-state index in [4.69, 9.17) is 4.74 Å². The summed E-state index contributed by atoms with van der Waals surface area (Å²) in [5, 5.41) is 12.0. The van der Waals surface area contributed by atoms with Crippen molar-refractivity contribution >= 4 is 29.9 Å². The van der Waals surface area contributed by atoms with Crippen LogP contribution in [-0.4, -0.2) is 63.3 Å². The molecule has 0 heterocycles. The fourth-order valence-electron chi connectivity index (χ4n) is 3.02. The van der Waals surface area contributed by atoms with E-state index >= 15 is 0 Å². The molecule has 0 fully saturated rings. The van der Waals surface area contributed by atoms with E-state index in [9.17, 15) is 24.0 Å². The Morgan fingerprint density at radius 2 is 1.58 bits per heavy atom. The molecule has 0 aromatic heterocycles. The van der Waals surface area contributed by atoms with Crippen molar-refractivity contribution < 1.29 is 88.3 Å².